The number of ether oxygens (including phenoxy) is 1. The van der Waals surface area contributed by atoms with E-state index in [9.17, 15) is 9.59 Å². The van der Waals surface area contributed by atoms with Crippen molar-refractivity contribution in [1.29, 1.82) is 0 Å². The van der Waals surface area contributed by atoms with E-state index in [1.54, 1.807) is 0 Å². The summed E-state index contributed by atoms with van der Waals surface area (Å²) in [6.07, 6.45) is 2.78. The number of nitrogens with zero attached hydrogens (tertiary/aromatic N) is 2. The summed E-state index contributed by atoms with van der Waals surface area (Å²) in [5.41, 5.74) is 3.61. The van der Waals surface area contributed by atoms with Crippen LogP contribution in [-0.2, 0) is 27.8 Å². The zero-order chi connectivity index (χ0) is 22.9. The first-order valence-corrected chi connectivity index (χ1v) is 12.2. The van der Waals surface area contributed by atoms with E-state index in [1.165, 1.54) is 24.0 Å². The Hall–Kier alpha value is -2.65. The number of carbonyl (C=O) groups excluding carboxylic acids is 2. The third kappa shape index (κ3) is 4.73. The van der Waals surface area contributed by atoms with Gasteiger partial charge in [-0.05, 0) is 47.9 Å². The zero-order valence-corrected chi connectivity index (χ0v) is 20.1. The minimum absolute atomic E-state index is 0.0676. The van der Waals surface area contributed by atoms with Crippen LogP contribution in [0.25, 0.3) is 11.5 Å². The highest BCUT2D eigenvalue weighted by Gasteiger charge is 2.28. The van der Waals surface area contributed by atoms with Crippen molar-refractivity contribution in [3.63, 3.8) is 0 Å². The molecule has 1 aromatic carbocycles. The molecule has 0 radical (unpaired) electrons. The lowest BCUT2D eigenvalue weighted by Gasteiger charge is -2.18. The van der Waals surface area contributed by atoms with Crippen molar-refractivity contribution in [1.82, 2.24) is 10.2 Å². The van der Waals surface area contributed by atoms with Crippen LogP contribution in [0.5, 0.6) is 0 Å². The molecule has 0 unspecified atom stereocenters. The summed E-state index contributed by atoms with van der Waals surface area (Å²) in [5, 5.41) is 11.9. The Balaban J connectivity index is 1.39. The van der Waals surface area contributed by atoms with E-state index in [0.717, 1.165) is 47.0 Å². The first-order valence-electron chi connectivity index (χ1n) is 10.4. The smallest absolute Gasteiger partial charge is 0.341 e. The van der Waals surface area contributed by atoms with E-state index in [1.807, 2.05) is 12.1 Å². The summed E-state index contributed by atoms with van der Waals surface area (Å²) in [6, 6.07) is 8.02. The van der Waals surface area contributed by atoms with Gasteiger partial charge in [0.1, 0.15) is 5.00 Å². The molecule has 2 heterocycles. The van der Waals surface area contributed by atoms with Crippen molar-refractivity contribution in [3.8, 4) is 11.5 Å². The highest BCUT2D eigenvalue weighted by molar-refractivity contribution is 7.99. The number of carbonyl (C=O) groups is 2. The maximum Gasteiger partial charge on any atom is 0.341 e. The fourth-order valence-corrected chi connectivity index (χ4v) is 5.45. The number of anilines is 1. The number of esters is 1. The molecule has 1 N–H and O–H groups in total. The second-order valence-corrected chi connectivity index (χ2v) is 10.6. The zero-order valence-electron chi connectivity index (χ0n) is 18.5. The number of aromatic nitrogens is 2. The van der Waals surface area contributed by atoms with E-state index in [-0.39, 0.29) is 17.1 Å². The summed E-state index contributed by atoms with van der Waals surface area (Å²) >= 11 is 2.61. The van der Waals surface area contributed by atoms with Crippen LogP contribution in [0, 0.1) is 0 Å². The molecule has 1 aliphatic carbocycles. The van der Waals surface area contributed by atoms with Crippen LogP contribution >= 0.6 is 23.1 Å². The number of fused-ring (bicyclic) bond motifs is 1. The number of benzene rings is 1. The van der Waals surface area contributed by atoms with Gasteiger partial charge >= 0.3 is 5.97 Å². The van der Waals surface area contributed by atoms with E-state index in [0.29, 0.717) is 21.7 Å². The molecule has 168 valence electrons. The number of nitrogens with one attached hydrogen (secondary N) is 1. The van der Waals surface area contributed by atoms with E-state index >= 15 is 0 Å². The molecule has 3 aromatic rings. The van der Waals surface area contributed by atoms with Crippen LogP contribution in [0.15, 0.2) is 33.9 Å². The molecule has 0 aliphatic heterocycles. The van der Waals surface area contributed by atoms with Gasteiger partial charge in [0.25, 0.3) is 5.22 Å². The molecule has 7 nitrogen and oxygen atoms in total. The molecular weight excluding hydrogens is 446 g/mol. The van der Waals surface area contributed by atoms with Crippen molar-refractivity contribution in [2.24, 2.45) is 0 Å². The summed E-state index contributed by atoms with van der Waals surface area (Å²) in [7, 11) is 1.35. The van der Waals surface area contributed by atoms with Crippen molar-refractivity contribution in [2.45, 2.75) is 50.7 Å². The number of thiophene rings is 1. The van der Waals surface area contributed by atoms with Crippen molar-refractivity contribution in [2.75, 3.05) is 18.2 Å². The topological polar surface area (TPSA) is 94.3 Å². The second kappa shape index (κ2) is 9.07. The predicted molar refractivity (Wildman–Crippen MR) is 125 cm³/mol. The Bertz CT molecular complexity index is 1140. The molecule has 32 heavy (non-hydrogen) atoms. The normalized spacial score (nSPS) is 13.1. The van der Waals surface area contributed by atoms with Gasteiger partial charge in [0.15, 0.2) is 0 Å². The Morgan fingerprint density at radius 2 is 1.94 bits per heavy atom. The molecule has 2 aromatic heterocycles. The Morgan fingerprint density at radius 1 is 1.19 bits per heavy atom. The molecule has 0 fully saturated rings. The number of hydrogen-bond donors (Lipinski definition) is 1. The lowest BCUT2D eigenvalue weighted by atomic mass is 9.87. The molecule has 0 bridgehead atoms. The SMILES string of the molecule is COC(=O)c1c(NC(=O)CSc2nnc(-c3ccc(C(C)(C)C)cc3)o2)sc2c1CCC2. The van der Waals surface area contributed by atoms with Crippen LogP contribution in [0.2, 0.25) is 0 Å². The third-order valence-electron chi connectivity index (χ3n) is 5.29. The molecule has 0 spiro atoms. The number of methoxy groups -OCH3 is 1. The summed E-state index contributed by atoms with van der Waals surface area (Å²) < 4.78 is 10.6. The number of aryl methyl sites for hydroxylation is 1. The summed E-state index contributed by atoms with van der Waals surface area (Å²) in [6.45, 7) is 6.48. The van der Waals surface area contributed by atoms with Gasteiger partial charge in [-0.15, -0.1) is 21.5 Å². The molecule has 1 amide bonds. The number of hydrogen-bond acceptors (Lipinski definition) is 8. The number of rotatable bonds is 6. The van der Waals surface area contributed by atoms with Gasteiger partial charge in [-0.3, -0.25) is 4.79 Å². The number of thioether (sulfide) groups is 1. The first-order chi connectivity index (χ1) is 15.3. The van der Waals surface area contributed by atoms with E-state index < -0.39 is 5.97 Å². The van der Waals surface area contributed by atoms with Gasteiger partial charge in [0.05, 0.1) is 18.4 Å². The van der Waals surface area contributed by atoms with Gasteiger partial charge in [-0.1, -0.05) is 44.7 Å². The van der Waals surface area contributed by atoms with Crippen molar-refractivity contribution in [3.05, 3.63) is 45.8 Å². The summed E-state index contributed by atoms with van der Waals surface area (Å²) in [4.78, 5) is 25.9. The number of amides is 1. The Morgan fingerprint density at radius 3 is 2.62 bits per heavy atom. The average molecular weight is 472 g/mol. The summed E-state index contributed by atoms with van der Waals surface area (Å²) in [5.74, 6) is -0.148. The van der Waals surface area contributed by atoms with Gasteiger partial charge in [0, 0.05) is 10.4 Å². The molecule has 0 saturated heterocycles. The molecule has 9 heteroatoms. The maximum absolute atomic E-state index is 12.5. The molecular formula is C23H25N3O4S2. The molecule has 0 atom stereocenters. The highest BCUT2D eigenvalue weighted by Crippen LogP contribution is 2.39. The van der Waals surface area contributed by atoms with Gasteiger partial charge in [-0.25, -0.2) is 4.79 Å². The lowest BCUT2D eigenvalue weighted by molar-refractivity contribution is -0.113. The maximum atomic E-state index is 12.5. The van der Waals surface area contributed by atoms with Crippen LogP contribution in [0.1, 0.15) is 53.6 Å². The largest absolute Gasteiger partial charge is 0.465 e. The fourth-order valence-electron chi connectivity index (χ4n) is 3.60. The Kier molecular flexibility index (Phi) is 6.39. The quantitative estimate of drug-likeness (QED) is 0.395. The first kappa shape index (κ1) is 22.5. The monoisotopic (exact) mass is 471 g/mol. The average Bonchev–Trinajstić information content (AvgIpc) is 3.47. The van der Waals surface area contributed by atoms with Crippen molar-refractivity contribution < 1.29 is 18.7 Å². The van der Waals surface area contributed by atoms with E-state index in [2.05, 4.69) is 48.4 Å². The molecule has 4 rings (SSSR count). The van der Waals surface area contributed by atoms with E-state index in [4.69, 9.17) is 9.15 Å². The minimum Gasteiger partial charge on any atom is -0.465 e. The van der Waals surface area contributed by atoms with Crippen LogP contribution < -0.4 is 5.32 Å². The van der Waals surface area contributed by atoms with Gasteiger partial charge in [0.2, 0.25) is 11.8 Å². The third-order valence-corrected chi connectivity index (χ3v) is 7.32. The van der Waals surface area contributed by atoms with Crippen molar-refractivity contribution >= 4 is 40.0 Å². The lowest BCUT2D eigenvalue weighted by Crippen LogP contribution is -2.16. The van der Waals surface area contributed by atoms with Gasteiger partial charge < -0.3 is 14.5 Å². The van der Waals surface area contributed by atoms with Crippen LogP contribution in [0.3, 0.4) is 0 Å². The standard InChI is InChI=1S/C23H25N3O4S2/c1-23(2,3)14-10-8-13(9-11-14)19-25-26-22(30-19)31-12-17(27)24-20-18(21(28)29-4)15-6-5-7-16(15)32-20/h8-11H,5-7,12H2,1-4H3,(H,24,27). The predicted octanol–water partition coefficient (Wildman–Crippen LogP) is 5.10. The fraction of sp³-hybridized carbons (Fsp3) is 0.391. The highest BCUT2D eigenvalue weighted by atomic mass is 32.2. The van der Waals surface area contributed by atoms with Crippen LogP contribution in [-0.4, -0.2) is 34.9 Å². The van der Waals surface area contributed by atoms with Gasteiger partial charge in [-0.2, -0.15) is 0 Å². The van der Waals surface area contributed by atoms with Crippen LogP contribution in [0.4, 0.5) is 5.00 Å². The minimum atomic E-state index is -0.411. The molecule has 1 aliphatic rings. The Labute approximate surface area is 195 Å². The molecule has 0 saturated carbocycles. The second-order valence-electron chi connectivity index (χ2n) is 8.59.